The molecular weight excluding hydrogens is 160 g/mol. The number of fused-ring (bicyclic) bond motifs is 2. The quantitative estimate of drug-likeness (QED) is 0.711. The standard InChI is InChI=1S/C12H22O/c1-3-8-9(4-2)11-6-5-10(8)12(11)7-13/h8-13H,3-7H2,1-2H3. The molecule has 0 spiro atoms. The van der Waals surface area contributed by atoms with Gasteiger partial charge < -0.3 is 5.11 Å². The van der Waals surface area contributed by atoms with Crippen LogP contribution in [0.5, 0.6) is 0 Å². The van der Waals surface area contributed by atoms with Crippen molar-refractivity contribution in [2.75, 3.05) is 6.61 Å². The van der Waals surface area contributed by atoms with Crippen LogP contribution in [0.4, 0.5) is 0 Å². The molecule has 2 bridgehead atoms. The maximum atomic E-state index is 9.37. The summed E-state index contributed by atoms with van der Waals surface area (Å²) in [6.07, 6.45) is 5.45. The van der Waals surface area contributed by atoms with Gasteiger partial charge in [0.25, 0.3) is 0 Å². The summed E-state index contributed by atoms with van der Waals surface area (Å²) in [7, 11) is 0. The number of aliphatic hydroxyl groups is 1. The summed E-state index contributed by atoms with van der Waals surface area (Å²) in [6.45, 7) is 5.09. The highest BCUT2D eigenvalue weighted by molar-refractivity contribution is 5.00. The third-order valence-electron chi connectivity index (χ3n) is 4.74. The second-order valence-corrected chi connectivity index (χ2v) is 4.90. The van der Waals surface area contributed by atoms with Gasteiger partial charge in [0.1, 0.15) is 0 Å². The lowest BCUT2D eigenvalue weighted by Crippen LogP contribution is -2.20. The SMILES string of the molecule is CCC1C(CC)C2CCC1C2CO. The molecule has 76 valence electrons. The molecule has 0 amide bonds. The van der Waals surface area contributed by atoms with Gasteiger partial charge in [0.2, 0.25) is 0 Å². The van der Waals surface area contributed by atoms with Crippen LogP contribution in [0.25, 0.3) is 0 Å². The van der Waals surface area contributed by atoms with Gasteiger partial charge in [-0.25, -0.2) is 0 Å². The Morgan fingerprint density at radius 2 is 1.38 bits per heavy atom. The lowest BCUT2D eigenvalue weighted by molar-refractivity contribution is 0.183. The summed E-state index contributed by atoms with van der Waals surface area (Å²) in [6, 6.07) is 0. The predicted octanol–water partition coefficient (Wildman–Crippen LogP) is 2.69. The Bertz CT molecular complexity index is 156. The van der Waals surface area contributed by atoms with Crippen LogP contribution in [-0.2, 0) is 0 Å². The van der Waals surface area contributed by atoms with Gasteiger partial charge in [-0.1, -0.05) is 26.7 Å². The molecule has 2 aliphatic carbocycles. The average molecular weight is 182 g/mol. The number of rotatable bonds is 3. The molecule has 1 heteroatoms. The van der Waals surface area contributed by atoms with E-state index in [-0.39, 0.29) is 0 Å². The number of hydrogen-bond donors (Lipinski definition) is 1. The fraction of sp³-hybridized carbons (Fsp3) is 1.00. The zero-order valence-corrected chi connectivity index (χ0v) is 8.87. The summed E-state index contributed by atoms with van der Waals surface area (Å²) >= 11 is 0. The van der Waals surface area contributed by atoms with Gasteiger partial charge in [0.05, 0.1) is 0 Å². The van der Waals surface area contributed by atoms with E-state index in [4.69, 9.17) is 0 Å². The highest BCUT2D eigenvalue weighted by atomic mass is 16.3. The van der Waals surface area contributed by atoms with Gasteiger partial charge >= 0.3 is 0 Å². The lowest BCUT2D eigenvalue weighted by Gasteiger charge is -2.29. The first-order valence-corrected chi connectivity index (χ1v) is 5.94. The van der Waals surface area contributed by atoms with Crippen LogP contribution >= 0.6 is 0 Å². The maximum Gasteiger partial charge on any atom is 0.0464 e. The Morgan fingerprint density at radius 1 is 0.923 bits per heavy atom. The van der Waals surface area contributed by atoms with Crippen LogP contribution in [-0.4, -0.2) is 11.7 Å². The molecule has 0 aliphatic heterocycles. The first-order chi connectivity index (χ1) is 6.33. The topological polar surface area (TPSA) is 20.2 Å². The number of hydrogen-bond acceptors (Lipinski definition) is 1. The maximum absolute atomic E-state index is 9.37. The summed E-state index contributed by atoms with van der Waals surface area (Å²) < 4.78 is 0. The van der Waals surface area contributed by atoms with Crippen molar-refractivity contribution in [1.29, 1.82) is 0 Å². The molecule has 4 atom stereocenters. The van der Waals surface area contributed by atoms with E-state index in [2.05, 4.69) is 13.8 Å². The Balaban J connectivity index is 2.15. The van der Waals surface area contributed by atoms with Crippen molar-refractivity contribution in [3.8, 4) is 0 Å². The Hall–Kier alpha value is -0.0400. The third kappa shape index (κ3) is 1.24. The molecule has 0 aromatic rings. The molecule has 1 nitrogen and oxygen atoms in total. The van der Waals surface area contributed by atoms with Crippen LogP contribution in [0, 0.1) is 29.6 Å². The smallest absolute Gasteiger partial charge is 0.0464 e. The van der Waals surface area contributed by atoms with Crippen molar-refractivity contribution in [3.63, 3.8) is 0 Å². The van der Waals surface area contributed by atoms with E-state index in [1.54, 1.807) is 0 Å². The first-order valence-electron chi connectivity index (χ1n) is 5.94. The zero-order chi connectivity index (χ0) is 9.42. The largest absolute Gasteiger partial charge is 0.396 e. The Kier molecular flexibility index (Phi) is 2.64. The minimum Gasteiger partial charge on any atom is -0.396 e. The fourth-order valence-electron chi connectivity index (χ4n) is 4.31. The Morgan fingerprint density at radius 3 is 1.69 bits per heavy atom. The molecule has 0 heterocycles. The van der Waals surface area contributed by atoms with E-state index in [9.17, 15) is 5.11 Å². The first kappa shape index (κ1) is 9.51. The minimum absolute atomic E-state index is 0.447. The van der Waals surface area contributed by atoms with Gasteiger partial charge in [-0.15, -0.1) is 0 Å². The highest BCUT2D eigenvalue weighted by Gasteiger charge is 2.52. The Labute approximate surface area is 81.5 Å². The summed E-state index contributed by atoms with van der Waals surface area (Å²) in [5.74, 6) is 4.26. The molecular formula is C12H22O. The molecule has 0 aromatic carbocycles. The van der Waals surface area contributed by atoms with Gasteiger partial charge in [-0.05, 0) is 42.4 Å². The highest BCUT2D eigenvalue weighted by Crippen LogP contribution is 2.57. The molecule has 0 radical (unpaired) electrons. The molecule has 2 fully saturated rings. The van der Waals surface area contributed by atoms with Crippen molar-refractivity contribution in [2.24, 2.45) is 29.6 Å². The van der Waals surface area contributed by atoms with E-state index in [0.717, 1.165) is 23.7 Å². The van der Waals surface area contributed by atoms with Crippen LogP contribution < -0.4 is 0 Å². The number of aliphatic hydroxyl groups excluding tert-OH is 1. The molecule has 2 aliphatic rings. The van der Waals surface area contributed by atoms with Gasteiger partial charge in [0, 0.05) is 6.61 Å². The van der Waals surface area contributed by atoms with Crippen molar-refractivity contribution < 1.29 is 5.11 Å². The molecule has 1 N–H and O–H groups in total. The fourth-order valence-corrected chi connectivity index (χ4v) is 4.31. The van der Waals surface area contributed by atoms with E-state index in [1.165, 1.54) is 25.7 Å². The van der Waals surface area contributed by atoms with Crippen LogP contribution in [0.2, 0.25) is 0 Å². The van der Waals surface area contributed by atoms with Crippen LogP contribution in [0.15, 0.2) is 0 Å². The van der Waals surface area contributed by atoms with Crippen molar-refractivity contribution >= 4 is 0 Å². The van der Waals surface area contributed by atoms with Gasteiger partial charge in [0.15, 0.2) is 0 Å². The van der Waals surface area contributed by atoms with E-state index < -0.39 is 0 Å². The molecule has 2 saturated carbocycles. The van der Waals surface area contributed by atoms with E-state index in [0.29, 0.717) is 12.5 Å². The predicted molar refractivity (Wildman–Crippen MR) is 54.4 cm³/mol. The van der Waals surface area contributed by atoms with Crippen molar-refractivity contribution in [2.45, 2.75) is 39.5 Å². The monoisotopic (exact) mass is 182 g/mol. The molecule has 0 aromatic heterocycles. The second kappa shape index (κ2) is 3.61. The third-order valence-corrected chi connectivity index (χ3v) is 4.74. The molecule has 2 rings (SSSR count). The minimum atomic E-state index is 0.447. The van der Waals surface area contributed by atoms with E-state index in [1.807, 2.05) is 0 Å². The molecule has 0 saturated heterocycles. The van der Waals surface area contributed by atoms with Crippen LogP contribution in [0.1, 0.15) is 39.5 Å². The van der Waals surface area contributed by atoms with Crippen molar-refractivity contribution in [3.05, 3.63) is 0 Å². The lowest BCUT2D eigenvalue weighted by atomic mass is 9.77. The molecule has 13 heavy (non-hydrogen) atoms. The summed E-state index contributed by atoms with van der Waals surface area (Å²) in [5, 5.41) is 9.37. The summed E-state index contributed by atoms with van der Waals surface area (Å²) in [5.41, 5.74) is 0. The van der Waals surface area contributed by atoms with Gasteiger partial charge in [-0.2, -0.15) is 0 Å². The zero-order valence-electron chi connectivity index (χ0n) is 8.87. The van der Waals surface area contributed by atoms with Crippen molar-refractivity contribution in [1.82, 2.24) is 0 Å². The molecule has 4 unspecified atom stereocenters. The van der Waals surface area contributed by atoms with Gasteiger partial charge in [-0.3, -0.25) is 0 Å². The van der Waals surface area contributed by atoms with Crippen LogP contribution in [0.3, 0.4) is 0 Å². The summed E-state index contributed by atoms with van der Waals surface area (Å²) in [4.78, 5) is 0. The average Bonchev–Trinajstić information content (AvgIpc) is 2.70. The second-order valence-electron chi connectivity index (χ2n) is 4.90. The normalized spacial score (nSPS) is 48.7. The van der Waals surface area contributed by atoms with E-state index >= 15 is 0 Å².